The molecule has 0 saturated carbocycles. The van der Waals surface area contributed by atoms with Crippen LogP contribution in [-0.2, 0) is 9.53 Å². The first-order valence-electron chi connectivity index (χ1n) is 5.66. The molecule has 0 aliphatic rings. The maximum Gasteiger partial charge on any atom is 0.338 e. The van der Waals surface area contributed by atoms with Gasteiger partial charge in [-0.1, -0.05) is 37.3 Å². The Hall–Kier alpha value is -2.16. The lowest BCUT2D eigenvalue weighted by Crippen LogP contribution is -2.05. The number of ether oxygens (including phenoxy) is 1. The fourth-order valence-corrected chi connectivity index (χ4v) is 1.93. The molecule has 0 fully saturated rings. The third-order valence-electron chi connectivity index (χ3n) is 2.97. The van der Waals surface area contributed by atoms with Crippen LogP contribution in [-0.4, -0.2) is 19.4 Å². The van der Waals surface area contributed by atoms with Crippen molar-refractivity contribution in [2.75, 3.05) is 7.11 Å². The highest BCUT2D eigenvalue weighted by Crippen LogP contribution is 2.25. The Morgan fingerprint density at radius 2 is 2.00 bits per heavy atom. The highest BCUT2D eigenvalue weighted by molar-refractivity contribution is 6.05. The van der Waals surface area contributed by atoms with Gasteiger partial charge in [0.2, 0.25) is 6.29 Å². The van der Waals surface area contributed by atoms with Crippen molar-refractivity contribution in [2.45, 2.75) is 12.8 Å². The minimum atomic E-state index is -0.397. The molecular weight excluding hydrogens is 228 g/mol. The fraction of sp³-hybridized carbons (Fsp3) is 0.200. The van der Waals surface area contributed by atoms with E-state index >= 15 is 0 Å². The van der Waals surface area contributed by atoms with Crippen molar-refractivity contribution in [3.63, 3.8) is 0 Å². The molecular formula is C15H13O3. The monoisotopic (exact) mass is 241 g/mol. The molecule has 2 aromatic rings. The topological polar surface area (TPSA) is 43.4 Å². The van der Waals surface area contributed by atoms with Gasteiger partial charge in [-0.3, -0.25) is 4.79 Å². The standard InChI is InChI=1S/C15H13O3/c1-10(9-16)12-7-11-5-3-4-6-13(11)14(8-12)15(17)18-2/h3-8,10H,1-2H3. The molecule has 0 aliphatic carbocycles. The van der Waals surface area contributed by atoms with Gasteiger partial charge >= 0.3 is 5.97 Å². The van der Waals surface area contributed by atoms with E-state index in [1.54, 1.807) is 13.0 Å². The smallest absolute Gasteiger partial charge is 0.338 e. The molecule has 0 aliphatic heterocycles. The zero-order valence-corrected chi connectivity index (χ0v) is 10.3. The number of rotatable bonds is 3. The summed E-state index contributed by atoms with van der Waals surface area (Å²) in [6.45, 7) is 1.75. The van der Waals surface area contributed by atoms with E-state index in [2.05, 4.69) is 0 Å². The Labute approximate surface area is 105 Å². The average Bonchev–Trinajstić information content (AvgIpc) is 2.44. The Kier molecular flexibility index (Phi) is 3.42. The second kappa shape index (κ2) is 5.00. The minimum Gasteiger partial charge on any atom is -0.465 e. The van der Waals surface area contributed by atoms with E-state index in [1.165, 1.54) is 7.11 Å². The first-order chi connectivity index (χ1) is 8.67. The van der Waals surface area contributed by atoms with Crippen LogP contribution in [0.25, 0.3) is 10.8 Å². The molecule has 91 valence electrons. The normalized spacial score (nSPS) is 12.1. The molecule has 0 bridgehead atoms. The van der Waals surface area contributed by atoms with Gasteiger partial charge in [-0.2, -0.15) is 0 Å². The lowest BCUT2D eigenvalue weighted by atomic mass is 9.95. The molecule has 0 N–H and O–H groups in total. The third-order valence-corrected chi connectivity index (χ3v) is 2.97. The van der Waals surface area contributed by atoms with Crippen LogP contribution in [0.4, 0.5) is 0 Å². The first-order valence-corrected chi connectivity index (χ1v) is 5.66. The fourth-order valence-electron chi connectivity index (χ4n) is 1.93. The molecule has 2 aromatic carbocycles. The van der Waals surface area contributed by atoms with Crippen molar-refractivity contribution in [1.29, 1.82) is 0 Å². The summed E-state index contributed by atoms with van der Waals surface area (Å²) < 4.78 is 4.78. The number of methoxy groups -OCH3 is 1. The summed E-state index contributed by atoms with van der Waals surface area (Å²) in [6.07, 6.45) is 1.93. The summed E-state index contributed by atoms with van der Waals surface area (Å²) in [5, 5.41) is 1.74. The number of carbonyl (C=O) groups is 1. The van der Waals surface area contributed by atoms with Crippen LogP contribution in [0.1, 0.15) is 28.8 Å². The quantitative estimate of drug-likeness (QED) is 0.776. The molecule has 0 aromatic heterocycles. The number of esters is 1. The second-order valence-electron chi connectivity index (χ2n) is 4.12. The van der Waals surface area contributed by atoms with E-state index in [9.17, 15) is 9.59 Å². The SMILES string of the molecule is COC(=O)c1cc(C(C)[C]=O)cc2ccccc12. The summed E-state index contributed by atoms with van der Waals surface area (Å²) in [5.41, 5.74) is 1.25. The zero-order chi connectivity index (χ0) is 13.1. The molecule has 0 heterocycles. The van der Waals surface area contributed by atoms with E-state index in [4.69, 9.17) is 4.74 Å². The van der Waals surface area contributed by atoms with Crippen LogP contribution in [0.15, 0.2) is 36.4 Å². The molecule has 2 rings (SSSR count). The summed E-state index contributed by atoms with van der Waals surface area (Å²) in [7, 11) is 1.35. The van der Waals surface area contributed by atoms with Crippen molar-refractivity contribution < 1.29 is 14.3 Å². The van der Waals surface area contributed by atoms with Gasteiger partial charge in [0, 0.05) is 5.92 Å². The maximum atomic E-state index is 11.8. The van der Waals surface area contributed by atoms with Gasteiger partial charge in [0.25, 0.3) is 0 Å². The molecule has 3 heteroatoms. The molecule has 0 spiro atoms. The Morgan fingerprint density at radius 3 is 2.67 bits per heavy atom. The lowest BCUT2D eigenvalue weighted by Gasteiger charge is -2.10. The summed E-state index contributed by atoms with van der Waals surface area (Å²) in [5.74, 6) is -0.760. The van der Waals surface area contributed by atoms with Gasteiger partial charge in [0.15, 0.2) is 0 Å². The lowest BCUT2D eigenvalue weighted by molar-refractivity contribution is 0.0603. The Balaban J connectivity index is 2.72. The molecule has 1 unspecified atom stereocenters. The minimum absolute atomic E-state index is 0.363. The van der Waals surface area contributed by atoms with Crippen LogP contribution in [0, 0.1) is 0 Å². The van der Waals surface area contributed by atoms with Crippen molar-refractivity contribution in [2.24, 2.45) is 0 Å². The van der Waals surface area contributed by atoms with Gasteiger partial charge in [0.05, 0.1) is 12.7 Å². The van der Waals surface area contributed by atoms with E-state index in [-0.39, 0.29) is 5.92 Å². The molecule has 18 heavy (non-hydrogen) atoms. The van der Waals surface area contributed by atoms with Crippen LogP contribution < -0.4 is 0 Å². The zero-order valence-electron chi connectivity index (χ0n) is 10.3. The third kappa shape index (κ3) is 2.12. The van der Waals surface area contributed by atoms with Gasteiger partial charge in [0.1, 0.15) is 0 Å². The van der Waals surface area contributed by atoms with Crippen LogP contribution in [0.2, 0.25) is 0 Å². The number of hydrogen-bond acceptors (Lipinski definition) is 3. The van der Waals surface area contributed by atoms with Gasteiger partial charge < -0.3 is 4.74 Å². The molecule has 1 radical (unpaired) electrons. The average molecular weight is 241 g/mol. The second-order valence-corrected chi connectivity index (χ2v) is 4.12. The molecule has 1 atom stereocenters. The number of fused-ring (bicyclic) bond motifs is 1. The van der Waals surface area contributed by atoms with E-state index in [1.807, 2.05) is 36.6 Å². The summed E-state index contributed by atoms with van der Waals surface area (Å²) >= 11 is 0. The van der Waals surface area contributed by atoms with Crippen molar-refractivity contribution in [3.8, 4) is 0 Å². The van der Waals surface area contributed by atoms with Crippen molar-refractivity contribution >= 4 is 23.0 Å². The number of benzene rings is 2. The highest BCUT2D eigenvalue weighted by Gasteiger charge is 2.14. The Bertz CT molecular complexity index is 602. The van der Waals surface area contributed by atoms with Crippen LogP contribution in [0.5, 0.6) is 0 Å². The van der Waals surface area contributed by atoms with Crippen molar-refractivity contribution in [3.05, 3.63) is 47.5 Å². The largest absolute Gasteiger partial charge is 0.465 e. The highest BCUT2D eigenvalue weighted by atomic mass is 16.5. The van der Waals surface area contributed by atoms with Gasteiger partial charge in [-0.15, -0.1) is 0 Å². The Morgan fingerprint density at radius 1 is 1.28 bits per heavy atom. The van der Waals surface area contributed by atoms with Crippen LogP contribution in [0.3, 0.4) is 0 Å². The predicted molar refractivity (Wildman–Crippen MR) is 69.4 cm³/mol. The van der Waals surface area contributed by atoms with E-state index in [0.29, 0.717) is 5.56 Å². The number of hydrogen-bond donors (Lipinski definition) is 0. The first kappa shape index (κ1) is 12.3. The molecule has 0 saturated heterocycles. The molecule has 0 amide bonds. The van der Waals surface area contributed by atoms with Gasteiger partial charge in [-0.25, -0.2) is 4.79 Å². The maximum absolute atomic E-state index is 11.8. The molecule has 3 nitrogen and oxygen atoms in total. The summed E-state index contributed by atoms with van der Waals surface area (Å²) in [6, 6.07) is 11.1. The van der Waals surface area contributed by atoms with E-state index in [0.717, 1.165) is 16.3 Å². The van der Waals surface area contributed by atoms with Crippen molar-refractivity contribution in [1.82, 2.24) is 0 Å². The van der Waals surface area contributed by atoms with E-state index < -0.39 is 5.97 Å². The number of carbonyl (C=O) groups excluding carboxylic acids is 2. The van der Waals surface area contributed by atoms with Crippen LogP contribution >= 0.6 is 0 Å². The summed E-state index contributed by atoms with van der Waals surface area (Å²) in [4.78, 5) is 22.5. The predicted octanol–water partition coefficient (Wildman–Crippen LogP) is 2.84. The van der Waals surface area contributed by atoms with Gasteiger partial charge in [-0.05, 0) is 22.4 Å².